The summed E-state index contributed by atoms with van der Waals surface area (Å²) < 4.78 is 4.64. The lowest BCUT2D eigenvalue weighted by Crippen LogP contribution is -2.09. The summed E-state index contributed by atoms with van der Waals surface area (Å²) in [6.07, 6.45) is 0. The molecule has 2 aromatic heterocycles. The second kappa shape index (κ2) is 6.94. The maximum Gasteiger partial charge on any atom is 0.348 e. The van der Waals surface area contributed by atoms with Crippen molar-refractivity contribution in [3.05, 3.63) is 57.1 Å². The van der Waals surface area contributed by atoms with Crippen LogP contribution in [0.1, 0.15) is 24.9 Å². The summed E-state index contributed by atoms with van der Waals surface area (Å²) in [6, 6.07) is 11.2. The summed E-state index contributed by atoms with van der Waals surface area (Å²) in [6.45, 7) is 2.03. The van der Waals surface area contributed by atoms with E-state index >= 15 is 0 Å². The number of esters is 1. The second-order valence-corrected chi connectivity index (χ2v) is 6.96. The smallest absolute Gasteiger partial charge is 0.348 e. The number of aryl methyl sites for hydroxylation is 1. The number of methoxy groups -OCH3 is 1. The van der Waals surface area contributed by atoms with Crippen molar-refractivity contribution in [2.45, 2.75) is 6.92 Å². The van der Waals surface area contributed by atoms with Crippen molar-refractivity contribution < 1.29 is 14.3 Å². The van der Waals surface area contributed by atoms with Crippen LogP contribution in [0, 0.1) is 6.92 Å². The van der Waals surface area contributed by atoms with Crippen LogP contribution < -0.4 is 5.32 Å². The van der Waals surface area contributed by atoms with E-state index in [1.54, 1.807) is 12.1 Å². The van der Waals surface area contributed by atoms with Crippen LogP contribution in [0.4, 0.5) is 5.13 Å². The van der Waals surface area contributed by atoms with Gasteiger partial charge in [-0.2, -0.15) is 0 Å². The lowest BCUT2D eigenvalue weighted by atomic mass is 10.1. The zero-order valence-corrected chi connectivity index (χ0v) is 14.7. The monoisotopic (exact) mass is 358 g/mol. The van der Waals surface area contributed by atoms with Crippen molar-refractivity contribution >= 4 is 39.7 Å². The molecule has 7 heteroatoms. The molecule has 1 aromatic carbocycles. The molecule has 2 heterocycles. The number of nitrogens with one attached hydrogen (secondary N) is 1. The van der Waals surface area contributed by atoms with Crippen molar-refractivity contribution in [3.63, 3.8) is 0 Å². The summed E-state index contributed by atoms with van der Waals surface area (Å²) in [5.74, 6) is -0.741. The van der Waals surface area contributed by atoms with Crippen molar-refractivity contribution in [1.29, 1.82) is 0 Å². The van der Waals surface area contributed by atoms with Gasteiger partial charge in [0.2, 0.25) is 0 Å². The third-order valence-electron chi connectivity index (χ3n) is 3.29. The standard InChI is InChI=1S/C17H14N2O3S2/c1-10-3-5-11(6-4-10)12-9-23-17(18-12)19-15(20)13-7-8-14(24-13)16(21)22-2/h3-9H,1-2H3,(H,18,19,20). The quantitative estimate of drug-likeness (QED) is 0.709. The number of carbonyl (C=O) groups is 2. The Labute approximate surface area is 146 Å². The molecule has 0 aliphatic rings. The summed E-state index contributed by atoms with van der Waals surface area (Å²) >= 11 is 2.45. The minimum absolute atomic E-state index is 0.292. The maximum absolute atomic E-state index is 12.2. The number of rotatable bonds is 4. The predicted molar refractivity (Wildman–Crippen MR) is 95.9 cm³/mol. The molecule has 122 valence electrons. The molecule has 1 N–H and O–H groups in total. The number of carbonyl (C=O) groups excluding carboxylic acids is 2. The van der Waals surface area contributed by atoms with Crippen LogP contribution in [-0.4, -0.2) is 24.0 Å². The number of nitrogens with zero attached hydrogens (tertiary/aromatic N) is 1. The third-order valence-corrected chi connectivity index (χ3v) is 5.11. The van der Waals surface area contributed by atoms with Crippen molar-refractivity contribution in [2.75, 3.05) is 12.4 Å². The van der Waals surface area contributed by atoms with E-state index in [2.05, 4.69) is 15.0 Å². The zero-order valence-electron chi connectivity index (χ0n) is 13.0. The number of anilines is 1. The number of thiophene rings is 1. The average molecular weight is 358 g/mol. The Kier molecular flexibility index (Phi) is 4.73. The van der Waals surface area contributed by atoms with Gasteiger partial charge < -0.3 is 4.74 Å². The highest BCUT2D eigenvalue weighted by Gasteiger charge is 2.15. The predicted octanol–water partition coefficient (Wildman–Crippen LogP) is 4.22. The molecular weight excluding hydrogens is 344 g/mol. The van der Waals surface area contributed by atoms with E-state index in [4.69, 9.17) is 0 Å². The number of hydrogen-bond donors (Lipinski definition) is 1. The molecule has 0 atom stereocenters. The van der Waals surface area contributed by atoms with Crippen molar-refractivity contribution in [2.24, 2.45) is 0 Å². The summed E-state index contributed by atoms with van der Waals surface area (Å²) in [5, 5.41) is 5.17. The molecule has 0 saturated heterocycles. The van der Waals surface area contributed by atoms with Gasteiger partial charge >= 0.3 is 5.97 Å². The lowest BCUT2D eigenvalue weighted by molar-refractivity contribution is 0.0606. The van der Waals surface area contributed by atoms with Gasteiger partial charge in [-0.15, -0.1) is 22.7 Å². The molecule has 0 saturated carbocycles. The first kappa shape index (κ1) is 16.4. The largest absolute Gasteiger partial charge is 0.465 e. The highest BCUT2D eigenvalue weighted by atomic mass is 32.1. The van der Waals surface area contributed by atoms with E-state index in [1.165, 1.54) is 24.0 Å². The molecule has 3 aromatic rings. The Hall–Kier alpha value is -2.51. The number of benzene rings is 1. The molecule has 0 fully saturated rings. The fourth-order valence-corrected chi connectivity index (χ4v) is 3.55. The maximum atomic E-state index is 12.2. The molecule has 0 radical (unpaired) electrons. The molecule has 0 aliphatic carbocycles. The van der Waals surface area contributed by atoms with Gasteiger partial charge in [0.15, 0.2) is 5.13 Å². The molecule has 0 aliphatic heterocycles. The third kappa shape index (κ3) is 3.52. The summed E-state index contributed by atoms with van der Waals surface area (Å²) in [4.78, 5) is 28.9. The molecule has 3 rings (SSSR count). The Morgan fingerprint density at radius 1 is 1.08 bits per heavy atom. The minimum Gasteiger partial charge on any atom is -0.465 e. The number of thiazole rings is 1. The first-order chi connectivity index (χ1) is 11.6. The topological polar surface area (TPSA) is 68.3 Å². The molecule has 5 nitrogen and oxygen atoms in total. The van der Waals surface area contributed by atoms with E-state index < -0.39 is 5.97 Å². The van der Waals surface area contributed by atoms with Crippen LogP contribution >= 0.6 is 22.7 Å². The van der Waals surface area contributed by atoms with Gasteiger partial charge in [0.05, 0.1) is 17.7 Å². The van der Waals surface area contributed by atoms with Gasteiger partial charge in [0.1, 0.15) is 4.88 Å². The fourth-order valence-electron chi connectivity index (χ4n) is 2.02. The van der Waals surface area contributed by atoms with Crippen LogP contribution in [0.15, 0.2) is 41.8 Å². The van der Waals surface area contributed by atoms with Gasteiger partial charge in [-0.25, -0.2) is 9.78 Å². The van der Waals surface area contributed by atoms with Crippen molar-refractivity contribution in [1.82, 2.24) is 4.98 Å². The minimum atomic E-state index is -0.449. The normalized spacial score (nSPS) is 10.4. The van der Waals surface area contributed by atoms with E-state index in [1.807, 2.05) is 36.6 Å². The van der Waals surface area contributed by atoms with Crippen LogP contribution in [-0.2, 0) is 4.74 Å². The van der Waals surface area contributed by atoms with Crippen molar-refractivity contribution in [3.8, 4) is 11.3 Å². The molecule has 0 spiro atoms. The first-order valence-electron chi connectivity index (χ1n) is 7.09. The van der Waals surface area contributed by atoms with E-state index in [9.17, 15) is 9.59 Å². The number of ether oxygens (including phenoxy) is 1. The van der Waals surface area contributed by atoms with E-state index in [0.717, 1.165) is 22.6 Å². The lowest BCUT2D eigenvalue weighted by Gasteiger charge is -1.99. The number of aromatic nitrogens is 1. The van der Waals surface area contributed by atoms with Gasteiger partial charge in [0.25, 0.3) is 5.91 Å². The molecule has 0 unspecified atom stereocenters. The Bertz CT molecular complexity index is 881. The molecular formula is C17H14N2O3S2. The Morgan fingerprint density at radius 3 is 2.50 bits per heavy atom. The van der Waals surface area contributed by atoms with Crippen LogP contribution in [0.5, 0.6) is 0 Å². The van der Waals surface area contributed by atoms with E-state index in [0.29, 0.717) is 14.9 Å². The van der Waals surface area contributed by atoms with Crippen LogP contribution in [0.3, 0.4) is 0 Å². The first-order valence-corrected chi connectivity index (χ1v) is 8.78. The van der Waals surface area contributed by atoms with Crippen LogP contribution in [0.25, 0.3) is 11.3 Å². The fraction of sp³-hybridized carbons (Fsp3) is 0.118. The molecule has 24 heavy (non-hydrogen) atoms. The van der Waals surface area contributed by atoms with E-state index in [-0.39, 0.29) is 5.91 Å². The zero-order chi connectivity index (χ0) is 17.1. The summed E-state index contributed by atoms with van der Waals surface area (Å²) in [7, 11) is 1.31. The number of amides is 1. The number of hydrogen-bond acceptors (Lipinski definition) is 6. The average Bonchev–Trinajstić information content (AvgIpc) is 3.24. The second-order valence-electron chi connectivity index (χ2n) is 5.01. The molecule has 1 amide bonds. The van der Waals surface area contributed by atoms with Crippen LogP contribution in [0.2, 0.25) is 0 Å². The van der Waals surface area contributed by atoms with Gasteiger partial charge in [-0.05, 0) is 19.1 Å². The van der Waals surface area contributed by atoms with Gasteiger partial charge in [0, 0.05) is 10.9 Å². The SMILES string of the molecule is COC(=O)c1ccc(C(=O)Nc2nc(-c3ccc(C)cc3)cs2)s1. The highest BCUT2D eigenvalue weighted by molar-refractivity contribution is 7.16. The Balaban J connectivity index is 1.72. The Morgan fingerprint density at radius 2 is 1.79 bits per heavy atom. The highest BCUT2D eigenvalue weighted by Crippen LogP contribution is 2.26. The van der Waals surface area contributed by atoms with Gasteiger partial charge in [-0.1, -0.05) is 29.8 Å². The molecule has 0 bridgehead atoms. The summed E-state index contributed by atoms with van der Waals surface area (Å²) in [5.41, 5.74) is 3.00. The van der Waals surface area contributed by atoms with Gasteiger partial charge in [-0.3, -0.25) is 10.1 Å².